The van der Waals surface area contributed by atoms with Gasteiger partial charge in [0.05, 0.1) is 13.2 Å². The second-order valence-electron chi connectivity index (χ2n) is 5.81. The van der Waals surface area contributed by atoms with Crippen molar-refractivity contribution in [2.75, 3.05) is 40.0 Å². The molecule has 0 spiro atoms. The van der Waals surface area contributed by atoms with Gasteiger partial charge in [-0.3, -0.25) is 0 Å². The highest BCUT2D eigenvalue weighted by molar-refractivity contribution is 5.31. The Kier molecular flexibility index (Phi) is 6.34. The molecular formula is C17H27NO2. The molecule has 112 valence electrons. The van der Waals surface area contributed by atoms with E-state index in [2.05, 4.69) is 24.9 Å². The Morgan fingerprint density at radius 2 is 2.20 bits per heavy atom. The normalized spacial score (nSPS) is 19.2. The summed E-state index contributed by atoms with van der Waals surface area (Å²) < 4.78 is 11.4. The molecule has 0 aromatic heterocycles. The molecule has 0 radical (unpaired) electrons. The van der Waals surface area contributed by atoms with E-state index in [0.717, 1.165) is 45.1 Å². The summed E-state index contributed by atoms with van der Waals surface area (Å²) in [4.78, 5) is 2.40. The fourth-order valence-corrected chi connectivity index (χ4v) is 2.72. The van der Waals surface area contributed by atoms with Crippen LogP contribution in [0.5, 0.6) is 5.75 Å². The molecule has 0 amide bonds. The summed E-state index contributed by atoms with van der Waals surface area (Å²) in [6.07, 6.45) is 3.59. The van der Waals surface area contributed by atoms with Crippen molar-refractivity contribution in [3.8, 4) is 5.75 Å². The number of nitrogens with zero attached hydrogens (tertiary/aromatic N) is 1. The van der Waals surface area contributed by atoms with E-state index in [9.17, 15) is 0 Å². The molecule has 0 bridgehead atoms. The van der Waals surface area contributed by atoms with Crippen molar-refractivity contribution in [1.82, 2.24) is 4.90 Å². The Balaban J connectivity index is 1.59. The summed E-state index contributed by atoms with van der Waals surface area (Å²) in [5.41, 5.74) is 1.21. The second kappa shape index (κ2) is 8.28. The number of hydrogen-bond donors (Lipinski definition) is 0. The van der Waals surface area contributed by atoms with Crippen LogP contribution in [0, 0.1) is 12.8 Å². The van der Waals surface area contributed by atoms with Crippen molar-refractivity contribution in [3.05, 3.63) is 29.8 Å². The third kappa shape index (κ3) is 5.14. The van der Waals surface area contributed by atoms with Crippen LogP contribution in [0.2, 0.25) is 0 Å². The van der Waals surface area contributed by atoms with Crippen molar-refractivity contribution < 1.29 is 9.47 Å². The lowest BCUT2D eigenvalue weighted by molar-refractivity contribution is 0.0415. The maximum atomic E-state index is 5.83. The van der Waals surface area contributed by atoms with E-state index in [1.54, 1.807) is 0 Å². The Morgan fingerprint density at radius 1 is 1.35 bits per heavy atom. The fourth-order valence-electron chi connectivity index (χ4n) is 2.72. The van der Waals surface area contributed by atoms with Gasteiger partial charge in [-0.2, -0.15) is 0 Å². The van der Waals surface area contributed by atoms with Crippen molar-refractivity contribution in [3.63, 3.8) is 0 Å². The van der Waals surface area contributed by atoms with E-state index >= 15 is 0 Å². The first-order valence-corrected chi connectivity index (χ1v) is 7.70. The molecule has 1 heterocycles. The minimum absolute atomic E-state index is 0.714. The van der Waals surface area contributed by atoms with Gasteiger partial charge in [0.25, 0.3) is 0 Å². The van der Waals surface area contributed by atoms with Crippen LogP contribution in [-0.4, -0.2) is 44.9 Å². The highest BCUT2D eigenvalue weighted by Crippen LogP contribution is 2.17. The van der Waals surface area contributed by atoms with Crippen molar-refractivity contribution >= 4 is 0 Å². The summed E-state index contributed by atoms with van der Waals surface area (Å²) in [5, 5.41) is 0. The van der Waals surface area contributed by atoms with Gasteiger partial charge < -0.3 is 14.4 Å². The van der Waals surface area contributed by atoms with Crippen LogP contribution in [0.4, 0.5) is 0 Å². The number of para-hydroxylation sites is 1. The molecule has 3 heteroatoms. The molecule has 1 fully saturated rings. The first kappa shape index (κ1) is 15.3. The van der Waals surface area contributed by atoms with Gasteiger partial charge in [-0.1, -0.05) is 18.2 Å². The number of rotatable bonds is 7. The van der Waals surface area contributed by atoms with Crippen molar-refractivity contribution in [2.45, 2.75) is 26.2 Å². The Labute approximate surface area is 122 Å². The molecule has 1 aromatic carbocycles. The topological polar surface area (TPSA) is 21.7 Å². The van der Waals surface area contributed by atoms with Gasteiger partial charge in [-0.25, -0.2) is 0 Å². The number of ether oxygens (including phenoxy) is 2. The SMILES string of the molecule is Cc1ccccc1OCCCN(C)CC1CCCOC1. The molecular weight excluding hydrogens is 250 g/mol. The molecule has 3 nitrogen and oxygen atoms in total. The van der Waals surface area contributed by atoms with E-state index in [1.807, 2.05) is 18.2 Å². The van der Waals surface area contributed by atoms with Crippen LogP contribution < -0.4 is 4.74 Å². The van der Waals surface area contributed by atoms with Gasteiger partial charge in [0.1, 0.15) is 5.75 Å². The smallest absolute Gasteiger partial charge is 0.122 e. The molecule has 1 atom stereocenters. The van der Waals surface area contributed by atoms with Gasteiger partial charge in [-0.05, 0) is 50.8 Å². The minimum atomic E-state index is 0.714. The predicted octanol–water partition coefficient (Wildman–Crippen LogP) is 3.12. The van der Waals surface area contributed by atoms with Crippen molar-refractivity contribution in [1.29, 1.82) is 0 Å². The summed E-state index contributed by atoms with van der Waals surface area (Å²) in [6, 6.07) is 8.20. The van der Waals surface area contributed by atoms with Crippen LogP contribution in [0.25, 0.3) is 0 Å². The molecule has 0 aliphatic carbocycles. The Hall–Kier alpha value is -1.06. The Bertz CT molecular complexity index is 388. The van der Waals surface area contributed by atoms with Crippen LogP contribution in [-0.2, 0) is 4.74 Å². The summed E-state index contributed by atoms with van der Waals surface area (Å²) >= 11 is 0. The summed E-state index contributed by atoms with van der Waals surface area (Å²) in [7, 11) is 2.20. The highest BCUT2D eigenvalue weighted by atomic mass is 16.5. The highest BCUT2D eigenvalue weighted by Gasteiger charge is 2.15. The molecule has 1 aliphatic heterocycles. The van der Waals surface area contributed by atoms with Crippen molar-refractivity contribution in [2.24, 2.45) is 5.92 Å². The molecule has 1 unspecified atom stereocenters. The molecule has 1 saturated heterocycles. The monoisotopic (exact) mass is 277 g/mol. The fraction of sp³-hybridized carbons (Fsp3) is 0.647. The quantitative estimate of drug-likeness (QED) is 0.715. The molecule has 2 rings (SSSR count). The van der Waals surface area contributed by atoms with E-state index in [1.165, 1.54) is 18.4 Å². The lowest BCUT2D eigenvalue weighted by atomic mass is 10.0. The lowest BCUT2D eigenvalue weighted by Gasteiger charge is -2.27. The number of aryl methyl sites for hydroxylation is 1. The lowest BCUT2D eigenvalue weighted by Crippen LogP contribution is -2.32. The zero-order chi connectivity index (χ0) is 14.2. The molecule has 0 N–H and O–H groups in total. The third-order valence-electron chi connectivity index (χ3n) is 3.86. The maximum absolute atomic E-state index is 5.83. The average molecular weight is 277 g/mol. The van der Waals surface area contributed by atoms with Crippen LogP contribution in [0.1, 0.15) is 24.8 Å². The number of hydrogen-bond acceptors (Lipinski definition) is 3. The van der Waals surface area contributed by atoms with E-state index in [4.69, 9.17) is 9.47 Å². The molecule has 0 saturated carbocycles. The zero-order valence-corrected chi connectivity index (χ0v) is 12.8. The molecule has 20 heavy (non-hydrogen) atoms. The largest absolute Gasteiger partial charge is 0.493 e. The molecule has 1 aromatic rings. The standard InChI is InChI=1S/C17H27NO2/c1-15-7-3-4-9-17(15)20-12-6-10-18(2)13-16-8-5-11-19-14-16/h3-4,7,9,16H,5-6,8,10-14H2,1-2H3. The van der Waals surface area contributed by atoms with Gasteiger partial charge in [0, 0.05) is 19.7 Å². The van der Waals surface area contributed by atoms with Gasteiger partial charge in [-0.15, -0.1) is 0 Å². The Morgan fingerprint density at radius 3 is 2.95 bits per heavy atom. The minimum Gasteiger partial charge on any atom is -0.493 e. The van der Waals surface area contributed by atoms with E-state index in [-0.39, 0.29) is 0 Å². The van der Waals surface area contributed by atoms with Gasteiger partial charge in [0.2, 0.25) is 0 Å². The summed E-state index contributed by atoms with van der Waals surface area (Å²) in [6.45, 7) is 6.99. The second-order valence-corrected chi connectivity index (χ2v) is 5.81. The summed E-state index contributed by atoms with van der Waals surface area (Å²) in [5.74, 6) is 1.72. The van der Waals surface area contributed by atoms with Gasteiger partial charge >= 0.3 is 0 Å². The molecule has 1 aliphatic rings. The van der Waals surface area contributed by atoms with E-state index < -0.39 is 0 Å². The zero-order valence-electron chi connectivity index (χ0n) is 12.8. The van der Waals surface area contributed by atoms with Crippen LogP contribution in [0.15, 0.2) is 24.3 Å². The average Bonchev–Trinajstić information content (AvgIpc) is 2.46. The number of benzene rings is 1. The van der Waals surface area contributed by atoms with Gasteiger partial charge in [0.15, 0.2) is 0 Å². The first-order chi connectivity index (χ1) is 9.75. The maximum Gasteiger partial charge on any atom is 0.122 e. The third-order valence-corrected chi connectivity index (χ3v) is 3.86. The first-order valence-electron chi connectivity index (χ1n) is 7.70. The van der Waals surface area contributed by atoms with E-state index in [0.29, 0.717) is 5.92 Å². The predicted molar refractivity (Wildman–Crippen MR) is 82.3 cm³/mol. The van der Waals surface area contributed by atoms with Crippen LogP contribution in [0.3, 0.4) is 0 Å². The van der Waals surface area contributed by atoms with Crippen LogP contribution >= 0.6 is 0 Å².